The summed E-state index contributed by atoms with van der Waals surface area (Å²) in [7, 11) is 3.17. The van der Waals surface area contributed by atoms with Gasteiger partial charge < -0.3 is 24.2 Å². The lowest BCUT2D eigenvalue weighted by molar-refractivity contribution is 0.0643. The van der Waals surface area contributed by atoms with Gasteiger partial charge in [0.25, 0.3) is 0 Å². The molecule has 1 heterocycles. The molecule has 3 rings (SSSR count). The van der Waals surface area contributed by atoms with Crippen molar-refractivity contribution in [2.45, 2.75) is 13.0 Å². The van der Waals surface area contributed by atoms with Crippen LogP contribution in [0.4, 0.5) is 5.69 Å². The number of aryl methyl sites for hydroxylation is 1. The fraction of sp³-hybridized carbons (Fsp3) is 0.455. The molecule has 0 unspecified atom stereocenters. The van der Waals surface area contributed by atoms with Crippen molar-refractivity contribution in [1.82, 2.24) is 4.90 Å². The molecule has 0 aromatic heterocycles. The van der Waals surface area contributed by atoms with Crippen LogP contribution in [0.25, 0.3) is 0 Å². The van der Waals surface area contributed by atoms with Gasteiger partial charge in [0.05, 0.1) is 14.2 Å². The van der Waals surface area contributed by atoms with Crippen molar-refractivity contribution in [2.75, 3.05) is 58.5 Å². The summed E-state index contributed by atoms with van der Waals surface area (Å²) >= 11 is 6.16. The number of piperazine rings is 1. The largest absolute Gasteiger partial charge is 0.493 e. The number of methoxy groups -OCH3 is 2. The number of benzene rings is 2. The van der Waals surface area contributed by atoms with Crippen molar-refractivity contribution in [3.63, 3.8) is 0 Å². The van der Waals surface area contributed by atoms with Gasteiger partial charge in [-0.15, -0.1) is 0 Å². The molecule has 1 saturated heterocycles. The summed E-state index contributed by atoms with van der Waals surface area (Å²) in [5.74, 6) is 1.68. The highest BCUT2D eigenvalue weighted by Gasteiger charge is 2.21. The number of hydrogen-bond acceptors (Lipinski definition) is 6. The molecule has 7 heteroatoms. The standard InChI is InChI=1S/C22H29ClN2O4/c1-16-7-8-17(23)13-19(16)25-11-9-24(10-12-25)14-18(26)15-29-22-20(27-2)5-4-6-21(22)28-3/h4-8,13,18,26H,9-12,14-15H2,1-3H3/t18-/m0/s1. The zero-order chi connectivity index (χ0) is 20.8. The van der Waals surface area contributed by atoms with Gasteiger partial charge in [0.1, 0.15) is 12.7 Å². The van der Waals surface area contributed by atoms with E-state index in [9.17, 15) is 5.11 Å². The molecule has 2 aromatic rings. The summed E-state index contributed by atoms with van der Waals surface area (Å²) in [6, 6.07) is 11.4. The molecule has 1 atom stereocenters. The molecule has 1 aliphatic heterocycles. The maximum atomic E-state index is 10.5. The molecule has 0 radical (unpaired) electrons. The Balaban J connectivity index is 1.50. The average Bonchev–Trinajstić information content (AvgIpc) is 2.74. The highest BCUT2D eigenvalue weighted by atomic mass is 35.5. The molecular formula is C22H29ClN2O4. The second-order valence-corrected chi connectivity index (χ2v) is 7.61. The first-order valence-corrected chi connectivity index (χ1v) is 10.1. The molecule has 0 aliphatic carbocycles. The number of aliphatic hydroxyl groups is 1. The minimum atomic E-state index is -0.607. The number of β-amino-alcohol motifs (C(OH)–C–C–N with tert-alkyl or cyclic N) is 1. The Morgan fingerprint density at radius 2 is 1.69 bits per heavy atom. The summed E-state index contributed by atoms with van der Waals surface area (Å²) < 4.78 is 16.5. The highest BCUT2D eigenvalue weighted by molar-refractivity contribution is 6.30. The lowest BCUT2D eigenvalue weighted by atomic mass is 10.1. The number of halogens is 1. The van der Waals surface area contributed by atoms with Crippen LogP contribution < -0.4 is 19.1 Å². The van der Waals surface area contributed by atoms with Crippen LogP contribution in [-0.2, 0) is 0 Å². The number of para-hydroxylation sites is 1. The third-order valence-electron chi connectivity index (χ3n) is 5.16. The molecule has 2 aromatic carbocycles. The van der Waals surface area contributed by atoms with E-state index >= 15 is 0 Å². The summed E-state index contributed by atoms with van der Waals surface area (Å²) in [4.78, 5) is 4.60. The summed E-state index contributed by atoms with van der Waals surface area (Å²) in [5.41, 5.74) is 2.41. The average molecular weight is 421 g/mol. The van der Waals surface area contributed by atoms with E-state index in [-0.39, 0.29) is 6.61 Å². The zero-order valence-electron chi connectivity index (χ0n) is 17.2. The quantitative estimate of drug-likeness (QED) is 0.707. The van der Waals surface area contributed by atoms with Gasteiger partial charge in [-0.1, -0.05) is 23.7 Å². The summed E-state index contributed by atoms with van der Waals surface area (Å²) in [6.45, 7) is 6.38. The number of hydrogen-bond donors (Lipinski definition) is 1. The monoisotopic (exact) mass is 420 g/mol. The first-order valence-electron chi connectivity index (χ1n) is 9.77. The van der Waals surface area contributed by atoms with Gasteiger partial charge in [-0.2, -0.15) is 0 Å². The Hall–Kier alpha value is -2.15. The molecule has 0 bridgehead atoms. The predicted octanol–water partition coefficient (Wildman–Crippen LogP) is 3.23. The van der Waals surface area contributed by atoms with Gasteiger partial charge in [0.2, 0.25) is 5.75 Å². The van der Waals surface area contributed by atoms with Crippen LogP contribution in [0, 0.1) is 6.92 Å². The van der Waals surface area contributed by atoms with Crippen LogP contribution in [0.1, 0.15) is 5.56 Å². The molecule has 0 spiro atoms. The van der Waals surface area contributed by atoms with Crippen molar-refractivity contribution >= 4 is 17.3 Å². The molecule has 1 aliphatic rings. The number of ether oxygens (including phenoxy) is 3. The SMILES string of the molecule is COc1cccc(OC)c1OC[C@@H](O)CN1CCN(c2cc(Cl)ccc2C)CC1. The third-order valence-corrected chi connectivity index (χ3v) is 5.39. The van der Waals surface area contributed by atoms with Crippen LogP contribution in [0.15, 0.2) is 36.4 Å². The fourth-order valence-electron chi connectivity index (χ4n) is 3.58. The molecule has 0 saturated carbocycles. The second-order valence-electron chi connectivity index (χ2n) is 7.17. The van der Waals surface area contributed by atoms with Crippen LogP contribution in [-0.4, -0.2) is 69.7 Å². The molecule has 158 valence electrons. The Morgan fingerprint density at radius 3 is 2.31 bits per heavy atom. The van der Waals surface area contributed by atoms with E-state index in [1.165, 1.54) is 11.3 Å². The first kappa shape index (κ1) is 21.6. The van der Waals surface area contributed by atoms with Gasteiger partial charge in [0.15, 0.2) is 11.5 Å². The summed E-state index contributed by atoms with van der Waals surface area (Å²) in [6.07, 6.45) is -0.607. The maximum Gasteiger partial charge on any atom is 0.203 e. The minimum absolute atomic E-state index is 0.171. The van der Waals surface area contributed by atoms with E-state index in [1.54, 1.807) is 26.4 Å². The second kappa shape index (κ2) is 10.1. The van der Waals surface area contributed by atoms with Crippen molar-refractivity contribution < 1.29 is 19.3 Å². The van der Waals surface area contributed by atoms with Crippen LogP contribution in [0.2, 0.25) is 5.02 Å². The lowest BCUT2D eigenvalue weighted by Crippen LogP contribution is -2.49. The van der Waals surface area contributed by atoms with Gasteiger partial charge in [-0.3, -0.25) is 4.90 Å². The van der Waals surface area contributed by atoms with E-state index in [2.05, 4.69) is 22.8 Å². The predicted molar refractivity (Wildman–Crippen MR) is 116 cm³/mol. The molecule has 1 N–H and O–H groups in total. The van der Waals surface area contributed by atoms with E-state index in [1.807, 2.05) is 18.2 Å². The van der Waals surface area contributed by atoms with Crippen LogP contribution in [0.5, 0.6) is 17.2 Å². The van der Waals surface area contributed by atoms with E-state index < -0.39 is 6.10 Å². The van der Waals surface area contributed by atoms with Gasteiger partial charge in [0, 0.05) is 43.4 Å². The molecule has 29 heavy (non-hydrogen) atoms. The molecule has 6 nitrogen and oxygen atoms in total. The molecule has 0 amide bonds. The third kappa shape index (κ3) is 5.47. The maximum absolute atomic E-state index is 10.5. The Kier molecular flexibility index (Phi) is 7.47. The topological polar surface area (TPSA) is 54.4 Å². The number of aliphatic hydroxyl groups excluding tert-OH is 1. The minimum Gasteiger partial charge on any atom is -0.493 e. The zero-order valence-corrected chi connectivity index (χ0v) is 18.0. The number of nitrogens with zero attached hydrogens (tertiary/aromatic N) is 2. The van der Waals surface area contributed by atoms with Gasteiger partial charge in [-0.05, 0) is 36.8 Å². The van der Waals surface area contributed by atoms with Crippen molar-refractivity contribution in [2.24, 2.45) is 0 Å². The smallest absolute Gasteiger partial charge is 0.203 e. The van der Waals surface area contributed by atoms with E-state index in [4.69, 9.17) is 25.8 Å². The van der Waals surface area contributed by atoms with Crippen molar-refractivity contribution in [3.8, 4) is 17.2 Å². The van der Waals surface area contributed by atoms with E-state index in [0.717, 1.165) is 31.2 Å². The number of rotatable bonds is 8. The lowest BCUT2D eigenvalue weighted by Gasteiger charge is -2.37. The number of anilines is 1. The van der Waals surface area contributed by atoms with Gasteiger partial charge >= 0.3 is 0 Å². The summed E-state index contributed by atoms with van der Waals surface area (Å²) in [5, 5.41) is 11.2. The van der Waals surface area contributed by atoms with Gasteiger partial charge in [-0.25, -0.2) is 0 Å². The Bertz CT molecular complexity index is 787. The van der Waals surface area contributed by atoms with Crippen LogP contribution in [0.3, 0.4) is 0 Å². The molecular weight excluding hydrogens is 392 g/mol. The van der Waals surface area contributed by atoms with Crippen LogP contribution >= 0.6 is 11.6 Å². The van der Waals surface area contributed by atoms with E-state index in [0.29, 0.717) is 23.8 Å². The normalized spacial score (nSPS) is 15.8. The Morgan fingerprint density at radius 1 is 1.03 bits per heavy atom. The fourth-order valence-corrected chi connectivity index (χ4v) is 3.75. The highest BCUT2D eigenvalue weighted by Crippen LogP contribution is 2.36. The first-order chi connectivity index (χ1) is 14.0. The van der Waals surface area contributed by atoms with Crippen molar-refractivity contribution in [3.05, 3.63) is 47.0 Å². The molecule has 1 fully saturated rings. The van der Waals surface area contributed by atoms with Crippen molar-refractivity contribution in [1.29, 1.82) is 0 Å². The Labute approximate surface area is 177 Å².